The van der Waals surface area contributed by atoms with Crippen molar-refractivity contribution in [1.82, 2.24) is 9.78 Å². The molecule has 0 saturated carbocycles. The number of aromatic nitrogens is 2. The Labute approximate surface area is 103 Å². The molecule has 0 saturated heterocycles. The maximum absolute atomic E-state index is 6.10. The molecule has 0 aliphatic carbocycles. The standard InChI is InChI=1S/C12H10ClN3O/c1-16-12(9(14)6-15-16)11-5-7-8(13)3-2-4-10(7)17-11/h2-6H,14H2,1H3. The molecular formula is C12H10ClN3O. The predicted molar refractivity (Wildman–Crippen MR) is 67.8 cm³/mol. The molecule has 0 radical (unpaired) electrons. The van der Waals surface area contributed by atoms with Gasteiger partial charge in [0, 0.05) is 12.4 Å². The molecule has 3 rings (SSSR count). The lowest BCUT2D eigenvalue weighted by Gasteiger charge is -1.98. The first-order valence-electron chi connectivity index (χ1n) is 5.12. The van der Waals surface area contributed by atoms with Crippen LogP contribution >= 0.6 is 11.6 Å². The van der Waals surface area contributed by atoms with Gasteiger partial charge in [0.25, 0.3) is 0 Å². The molecule has 86 valence electrons. The zero-order valence-electron chi connectivity index (χ0n) is 9.14. The van der Waals surface area contributed by atoms with E-state index < -0.39 is 0 Å². The molecule has 3 aromatic rings. The maximum Gasteiger partial charge on any atom is 0.155 e. The van der Waals surface area contributed by atoms with E-state index in [0.717, 1.165) is 16.7 Å². The Bertz CT molecular complexity index is 679. The van der Waals surface area contributed by atoms with Crippen molar-refractivity contribution in [2.75, 3.05) is 5.73 Å². The Balaban J connectivity index is 2.29. The fraction of sp³-hybridized carbons (Fsp3) is 0.0833. The van der Waals surface area contributed by atoms with Crippen LogP contribution in [0.2, 0.25) is 5.02 Å². The molecular weight excluding hydrogens is 238 g/mol. The highest BCUT2D eigenvalue weighted by Crippen LogP contribution is 2.33. The van der Waals surface area contributed by atoms with Crippen LogP contribution in [-0.4, -0.2) is 9.78 Å². The summed E-state index contributed by atoms with van der Waals surface area (Å²) >= 11 is 6.10. The monoisotopic (exact) mass is 247 g/mol. The summed E-state index contributed by atoms with van der Waals surface area (Å²) in [6.45, 7) is 0. The van der Waals surface area contributed by atoms with Crippen LogP contribution in [0.1, 0.15) is 0 Å². The average molecular weight is 248 g/mol. The van der Waals surface area contributed by atoms with Crippen LogP contribution < -0.4 is 5.73 Å². The zero-order chi connectivity index (χ0) is 12.0. The summed E-state index contributed by atoms with van der Waals surface area (Å²) in [4.78, 5) is 0. The molecule has 0 spiro atoms. The highest BCUT2D eigenvalue weighted by Gasteiger charge is 2.14. The van der Waals surface area contributed by atoms with Gasteiger partial charge in [-0.3, -0.25) is 4.68 Å². The molecule has 5 heteroatoms. The minimum atomic E-state index is 0.586. The number of nitrogen functional groups attached to an aromatic ring is 1. The second-order valence-corrected chi connectivity index (χ2v) is 4.24. The fourth-order valence-electron chi connectivity index (χ4n) is 1.90. The Morgan fingerprint density at radius 1 is 1.41 bits per heavy atom. The molecule has 0 unspecified atom stereocenters. The molecule has 0 atom stereocenters. The Morgan fingerprint density at radius 2 is 2.24 bits per heavy atom. The number of anilines is 1. The van der Waals surface area contributed by atoms with Crippen LogP contribution in [0.25, 0.3) is 22.4 Å². The van der Waals surface area contributed by atoms with Crippen LogP contribution in [0.5, 0.6) is 0 Å². The topological polar surface area (TPSA) is 57.0 Å². The van der Waals surface area contributed by atoms with Gasteiger partial charge in [-0.05, 0) is 18.2 Å². The number of rotatable bonds is 1. The second-order valence-electron chi connectivity index (χ2n) is 3.83. The van der Waals surface area contributed by atoms with Gasteiger partial charge in [0.1, 0.15) is 11.3 Å². The summed E-state index contributed by atoms with van der Waals surface area (Å²) in [5.41, 5.74) is 7.95. The number of nitrogens with zero attached hydrogens (tertiary/aromatic N) is 2. The van der Waals surface area contributed by atoms with E-state index in [1.165, 1.54) is 0 Å². The van der Waals surface area contributed by atoms with Crippen LogP contribution in [0.15, 0.2) is 34.9 Å². The molecule has 0 bridgehead atoms. The second kappa shape index (κ2) is 3.53. The highest BCUT2D eigenvalue weighted by atomic mass is 35.5. The normalized spacial score (nSPS) is 11.2. The van der Waals surface area contributed by atoms with E-state index in [2.05, 4.69) is 5.10 Å². The van der Waals surface area contributed by atoms with Crippen LogP contribution in [0.3, 0.4) is 0 Å². The molecule has 0 aliphatic rings. The van der Waals surface area contributed by atoms with Crippen LogP contribution in [-0.2, 0) is 7.05 Å². The van der Waals surface area contributed by atoms with Crippen LogP contribution in [0, 0.1) is 0 Å². The lowest BCUT2D eigenvalue weighted by Crippen LogP contribution is -1.94. The van der Waals surface area contributed by atoms with Gasteiger partial charge in [-0.1, -0.05) is 17.7 Å². The number of halogens is 1. The number of furan rings is 1. The van der Waals surface area contributed by atoms with Gasteiger partial charge in [0.05, 0.1) is 16.9 Å². The van der Waals surface area contributed by atoms with Gasteiger partial charge in [-0.2, -0.15) is 5.10 Å². The maximum atomic E-state index is 6.10. The van der Waals surface area contributed by atoms with Crippen molar-refractivity contribution in [3.05, 3.63) is 35.5 Å². The first kappa shape index (κ1) is 10.2. The predicted octanol–water partition coefficient (Wildman–Crippen LogP) is 3.07. The summed E-state index contributed by atoms with van der Waals surface area (Å²) in [7, 11) is 1.82. The van der Waals surface area contributed by atoms with E-state index >= 15 is 0 Å². The lowest BCUT2D eigenvalue weighted by atomic mass is 10.2. The summed E-state index contributed by atoms with van der Waals surface area (Å²) in [5, 5.41) is 5.63. The van der Waals surface area contributed by atoms with Crippen molar-refractivity contribution in [3.8, 4) is 11.5 Å². The van der Waals surface area contributed by atoms with E-state index in [1.54, 1.807) is 10.9 Å². The first-order valence-corrected chi connectivity index (χ1v) is 5.50. The van der Waals surface area contributed by atoms with E-state index in [9.17, 15) is 0 Å². The highest BCUT2D eigenvalue weighted by molar-refractivity contribution is 6.35. The average Bonchev–Trinajstić information content (AvgIpc) is 2.84. The lowest BCUT2D eigenvalue weighted by molar-refractivity contribution is 0.618. The van der Waals surface area contributed by atoms with Crippen molar-refractivity contribution in [2.24, 2.45) is 7.05 Å². The summed E-state index contributed by atoms with van der Waals surface area (Å²) in [6, 6.07) is 7.43. The molecule has 0 fully saturated rings. The quantitative estimate of drug-likeness (QED) is 0.719. The molecule has 2 N–H and O–H groups in total. The largest absolute Gasteiger partial charge is 0.454 e. The van der Waals surface area contributed by atoms with Crippen molar-refractivity contribution in [3.63, 3.8) is 0 Å². The molecule has 0 amide bonds. The molecule has 4 nitrogen and oxygen atoms in total. The number of hydrogen-bond acceptors (Lipinski definition) is 3. The summed E-state index contributed by atoms with van der Waals surface area (Å²) in [5.74, 6) is 0.672. The number of nitrogens with two attached hydrogens (primary N) is 1. The van der Waals surface area contributed by atoms with E-state index in [0.29, 0.717) is 16.5 Å². The first-order chi connectivity index (χ1) is 8.16. The minimum absolute atomic E-state index is 0.586. The van der Waals surface area contributed by atoms with Gasteiger partial charge in [0.15, 0.2) is 5.76 Å². The van der Waals surface area contributed by atoms with Crippen molar-refractivity contribution in [1.29, 1.82) is 0 Å². The zero-order valence-corrected chi connectivity index (χ0v) is 9.90. The number of benzene rings is 1. The van der Waals surface area contributed by atoms with E-state index in [1.807, 2.05) is 31.3 Å². The third-order valence-electron chi connectivity index (χ3n) is 2.71. The van der Waals surface area contributed by atoms with E-state index in [4.69, 9.17) is 21.8 Å². The number of hydrogen-bond donors (Lipinski definition) is 1. The number of aryl methyl sites for hydroxylation is 1. The van der Waals surface area contributed by atoms with Gasteiger partial charge >= 0.3 is 0 Å². The molecule has 17 heavy (non-hydrogen) atoms. The number of fused-ring (bicyclic) bond motifs is 1. The summed E-state index contributed by atoms with van der Waals surface area (Å²) < 4.78 is 7.41. The van der Waals surface area contributed by atoms with Gasteiger partial charge in [0.2, 0.25) is 0 Å². The molecule has 2 heterocycles. The fourth-order valence-corrected chi connectivity index (χ4v) is 2.12. The van der Waals surface area contributed by atoms with Crippen molar-refractivity contribution < 1.29 is 4.42 Å². The Morgan fingerprint density at radius 3 is 2.88 bits per heavy atom. The van der Waals surface area contributed by atoms with Gasteiger partial charge in [-0.15, -0.1) is 0 Å². The third kappa shape index (κ3) is 1.49. The third-order valence-corrected chi connectivity index (χ3v) is 3.04. The Kier molecular flexibility index (Phi) is 2.12. The minimum Gasteiger partial charge on any atom is -0.454 e. The molecule has 2 aromatic heterocycles. The van der Waals surface area contributed by atoms with Gasteiger partial charge < -0.3 is 10.2 Å². The van der Waals surface area contributed by atoms with E-state index in [-0.39, 0.29) is 0 Å². The SMILES string of the molecule is Cn1ncc(N)c1-c1cc2c(Cl)cccc2o1. The van der Waals surface area contributed by atoms with Crippen LogP contribution in [0.4, 0.5) is 5.69 Å². The van der Waals surface area contributed by atoms with Gasteiger partial charge in [-0.25, -0.2) is 0 Å². The Hall–Kier alpha value is -1.94. The molecule has 0 aliphatic heterocycles. The molecule has 1 aromatic carbocycles. The summed E-state index contributed by atoms with van der Waals surface area (Å²) in [6.07, 6.45) is 1.60. The van der Waals surface area contributed by atoms with Crippen molar-refractivity contribution >= 4 is 28.3 Å². The smallest absolute Gasteiger partial charge is 0.155 e. The van der Waals surface area contributed by atoms with Crippen molar-refractivity contribution in [2.45, 2.75) is 0 Å².